The number of pyridine rings is 1. The van der Waals surface area contributed by atoms with Crippen LogP contribution in [-0.2, 0) is 0 Å². The molecule has 0 saturated heterocycles. The average molecular weight is 163 g/mol. The quantitative estimate of drug-likeness (QED) is 0.659. The molecule has 4 N–H and O–H groups in total. The van der Waals surface area contributed by atoms with Crippen LogP contribution in [0.1, 0.15) is 30.7 Å². The van der Waals surface area contributed by atoms with Crippen LogP contribution in [0.4, 0.5) is 11.5 Å². The summed E-state index contributed by atoms with van der Waals surface area (Å²) < 4.78 is 0. The third-order valence-corrected chi connectivity index (χ3v) is 2.57. The third kappa shape index (κ3) is 1.02. The van der Waals surface area contributed by atoms with E-state index < -0.39 is 0 Å². The molecule has 0 unspecified atom stereocenters. The summed E-state index contributed by atoms with van der Waals surface area (Å²) in [6.45, 7) is 0. The molecule has 0 amide bonds. The topological polar surface area (TPSA) is 64.9 Å². The lowest BCUT2D eigenvalue weighted by Gasteiger charge is -2.27. The second-order valence-corrected chi connectivity index (χ2v) is 3.33. The number of rotatable bonds is 1. The maximum Gasteiger partial charge on any atom is 0.128 e. The number of nitrogens with two attached hydrogens (primary N) is 2. The minimum atomic E-state index is 0.568. The smallest absolute Gasteiger partial charge is 0.128 e. The summed E-state index contributed by atoms with van der Waals surface area (Å²) in [5, 5.41) is 0. The van der Waals surface area contributed by atoms with Gasteiger partial charge in [0.15, 0.2) is 0 Å². The fraction of sp³-hybridized carbons (Fsp3) is 0.444. The van der Waals surface area contributed by atoms with E-state index in [1.165, 1.54) is 19.3 Å². The van der Waals surface area contributed by atoms with Crippen molar-refractivity contribution in [1.82, 2.24) is 4.98 Å². The Morgan fingerprint density at radius 1 is 1.33 bits per heavy atom. The second kappa shape index (κ2) is 2.66. The van der Waals surface area contributed by atoms with Gasteiger partial charge in [-0.2, -0.15) is 0 Å². The molecule has 1 saturated carbocycles. The maximum absolute atomic E-state index is 5.81. The van der Waals surface area contributed by atoms with Crippen LogP contribution in [0.15, 0.2) is 12.3 Å². The molecule has 0 spiro atoms. The van der Waals surface area contributed by atoms with Crippen LogP contribution in [-0.4, -0.2) is 4.98 Å². The van der Waals surface area contributed by atoms with E-state index in [0.717, 1.165) is 11.3 Å². The molecule has 3 heteroatoms. The van der Waals surface area contributed by atoms with E-state index in [9.17, 15) is 0 Å². The summed E-state index contributed by atoms with van der Waals surface area (Å²) in [6, 6.07) is 1.82. The lowest BCUT2D eigenvalue weighted by molar-refractivity contribution is 0.421. The van der Waals surface area contributed by atoms with E-state index in [4.69, 9.17) is 11.5 Å². The molecule has 12 heavy (non-hydrogen) atoms. The highest BCUT2D eigenvalue weighted by Gasteiger charge is 2.23. The van der Waals surface area contributed by atoms with Gasteiger partial charge in [0.05, 0.1) is 0 Å². The molecule has 0 radical (unpaired) electrons. The lowest BCUT2D eigenvalue weighted by Crippen LogP contribution is -2.14. The van der Waals surface area contributed by atoms with Gasteiger partial charge < -0.3 is 11.5 Å². The van der Waals surface area contributed by atoms with Crippen LogP contribution in [0, 0.1) is 0 Å². The molecule has 2 rings (SSSR count). The van der Waals surface area contributed by atoms with Gasteiger partial charge in [-0.05, 0) is 24.8 Å². The number of hydrogen-bond donors (Lipinski definition) is 2. The first kappa shape index (κ1) is 7.40. The maximum atomic E-state index is 5.81. The molecule has 0 atom stereocenters. The van der Waals surface area contributed by atoms with E-state index in [2.05, 4.69) is 4.98 Å². The van der Waals surface area contributed by atoms with Crippen molar-refractivity contribution in [1.29, 1.82) is 0 Å². The highest BCUT2D eigenvalue weighted by atomic mass is 14.8. The van der Waals surface area contributed by atoms with Gasteiger partial charge in [0.1, 0.15) is 5.82 Å². The van der Waals surface area contributed by atoms with E-state index in [1.54, 1.807) is 6.20 Å². The van der Waals surface area contributed by atoms with E-state index in [1.807, 2.05) is 6.07 Å². The molecule has 0 aliphatic heterocycles. The second-order valence-electron chi connectivity index (χ2n) is 3.33. The Morgan fingerprint density at radius 3 is 2.58 bits per heavy atom. The van der Waals surface area contributed by atoms with Gasteiger partial charge in [0.2, 0.25) is 0 Å². The van der Waals surface area contributed by atoms with Crippen LogP contribution in [0.2, 0.25) is 0 Å². The van der Waals surface area contributed by atoms with Crippen LogP contribution in [0.5, 0.6) is 0 Å². The highest BCUT2D eigenvalue weighted by molar-refractivity contribution is 5.59. The van der Waals surface area contributed by atoms with E-state index >= 15 is 0 Å². The van der Waals surface area contributed by atoms with Crippen molar-refractivity contribution in [2.24, 2.45) is 0 Å². The van der Waals surface area contributed by atoms with Crippen molar-refractivity contribution in [2.45, 2.75) is 25.2 Å². The number of aromatic nitrogens is 1. The molecule has 64 valence electrons. The number of hydrogen-bond acceptors (Lipinski definition) is 3. The Balaban J connectivity index is 2.39. The van der Waals surface area contributed by atoms with Crippen LogP contribution < -0.4 is 11.5 Å². The molecule has 1 aliphatic rings. The van der Waals surface area contributed by atoms with Crippen molar-refractivity contribution in [3.05, 3.63) is 17.8 Å². The zero-order chi connectivity index (χ0) is 8.55. The van der Waals surface area contributed by atoms with Gasteiger partial charge in [0, 0.05) is 17.4 Å². The molecule has 3 nitrogen and oxygen atoms in total. The minimum absolute atomic E-state index is 0.568. The zero-order valence-corrected chi connectivity index (χ0v) is 6.96. The number of nitrogen functional groups attached to an aromatic ring is 2. The van der Waals surface area contributed by atoms with Gasteiger partial charge in [-0.15, -0.1) is 0 Å². The minimum Gasteiger partial charge on any atom is -0.398 e. The fourth-order valence-corrected chi connectivity index (χ4v) is 1.65. The van der Waals surface area contributed by atoms with Crippen molar-refractivity contribution < 1.29 is 0 Å². The van der Waals surface area contributed by atoms with Crippen molar-refractivity contribution in [2.75, 3.05) is 11.5 Å². The summed E-state index contributed by atoms with van der Waals surface area (Å²) in [5.41, 5.74) is 13.4. The lowest BCUT2D eigenvalue weighted by atomic mass is 9.79. The molecule has 0 bridgehead atoms. The third-order valence-electron chi connectivity index (χ3n) is 2.57. The predicted octanol–water partition coefficient (Wildman–Crippen LogP) is 1.51. The predicted molar refractivity (Wildman–Crippen MR) is 49.7 cm³/mol. The van der Waals surface area contributed by atoms with Crippen molar-refractivity contribution in [3.63, 3.8) is 0 Å². The average Bonchev–Trinajstić information content (AvgIpc) is 1.93. The Bertz CT molecular complexity index is 272. The largest absolute Gasteiger partial charge is 0.398 e. The summed E-state index contributed by atoms with van der Waals surface area (Å²) in [5.74, 6) is 1.18. The van der Waals surface area contributed by atoms with Crippen molar-refractivity contribution >= 4 is 11.5 Å². The molecule has 1 heterocycles. The first-order chi connectivity index (χ1) is 5.79. The fourth-order valence-electron chi connectivity index (χ4n) is 1.65. The summed E-state index contributed by atoms with van der Waals surface area (Å²) in [7, 11) is 0. The molecule has 1 aromatic heterocycles. The van der Waals surface area contributed by atoms with E-state index in [0.29, 0.717) is 11.7 Å². The molecule has 0 aromatic carbocycles. The standard InChI is InChI=1S/C9H13N3/c10-7-4-5-12-9(11)8(7)6-2-1-3-6/h4-6H,1-3H2,(H4,10,11,12). The molecular weight excluding hydrogens is 150 g/mol. The summed E-state index contributed by atoms with van der Waals surface area (Å²) in [4.78, 5) is 4.04. The van der Waals surface area contributed by atoms with Gasteiger partial charge in [0.25, 0.3) is 0 Å². The van der Waals surface area contributed by atoms with Crippen LogP contribution >= 0.6 is 0 Å². The molecule has 1 aromatic rings. The molecular formula is C9H13N3. The first-order valence-electron chi connectivity index (χ1n) is 4.29. The number of anilines is 2. The Labute approximate surface area is 71.8 Å². The van der Waals surface area contributed by atoms with Crippen LogP contribution in [0.3, 0.4) is 0 Å². The SMILES string of the molecule is Nc1ccnc(N)c1C1CCC1. The normalized spacial score (nSPS) is 17.3. The Kier molecular flexibility index (Phi) is 1.64. The van der Waals surface area contributed by atoms with Gasteiger partial charge in [-0.25, -0.2) is 4.98 Å². The highest BCUT2D eigenvalue weighted by Crippen LogP contribution is 2.40. The van der Waals surface area contributed by atoms with Gasteiger partial charge in [-0.1, -0.05) is 6.42 Å². The first-order valence-corrected chi connectivity index (χ1v) is 4.29. The van der Waals surface area contributed by atoms with Gasteiger partial charge >= 0.3 is 0 Å². The molecule has 1 fully saturated rings. The van der Waals surface area contributed by atoms with Gasteiger partial charge in [-0.3, -0.25) is 0 Å². The zero-order valence-electron chi connectivity index (χ0n) is 6.96. The molecule has 1 aliphatic carbocycles. The van der Waals surface area contributed by atoms with E-state index in [-0.39, 0.29) is 0 Å². The Morgan fingerprint density at radius 2 is 2.08 bits per heavy atom. The number of nitrogens with zero attached hydrogens (tertiary/aromatic N) is 1. The summed E-state index contributed by atoms with van der Waals surface area (Å²) >= 11 is 0. The Hall–Kier alpha value is -1.25. The van der Waals surface area contributed by atoms with Crippen LogP contribution in [0.25, 0.3) is 0 Å². The van der Waals surface area contributed by atoms with Crippen molar-refractivity contribution in [3.8, 4) is 0 Å². The monoisotopic (exact) mass is 163 g/mol. The summed E-state index contributed by atoms with van der Waals surface area (Å²) in [6.07, 6.45) is 5.37.